The van der Waals surface area contributed by atoms with Gasteiger partial charge in [0.05, 0.1) is 11.5 Å². The number of hydrogen-bond donors (Lipinski definition) is 1. The SMILES string of the molecule is Cc1cc(C)c(CNCC2CCS(=O)(=O)C2)cc1C. The van der Waals surface area contributed by atoms with Crippen LogP contribution in [0.5, 0.6) is 0 Å². The lowest BCUT2D eigenvalue weighted by atomic mass is 10.0. The van der Waals surface area contributed by atoms with E-state index in [0.29, 0.717) is 11.5 Å². The molecule has 106 valence electrons. The molecule has 1 atom stereocenters. The second kappa shape index (κ2) is 5.63. The Morgan fingerprint density at radius 3 is 2.47 bits per heavy atom. The van der Waals surface area contributed by atoms with Gasteiger partial charge in [-0.15, -0.1) is 0 Å². The summed E-state index contributed by atoms with van der Waals surface area (Å²) in [4.78, 5) is 0. The van der Waals surface area contributed by atoms with Crippen molar-refractivity contribution in [3.8, 4) is 0 Å². The lowest BCUT2D eigenvalue weighted by molar-refractivity contribution is 0.520. The van der Waals surface area contributed by atoms with Crippen molar-refractivity contribution in [2.75, 3.05) is 18.1 Å². The third-order valence-electron chi connectivity index (χ3n) is 4.03. The van der Waals surface area contributed by atoms with Gasteiger partial charge in [0.15, 0.2) is 9.84 Å². The van der Waals surface area contributed by atoms with Gasteiger partial charge in [0.2, 0.25) is 0 Å². The molecule has 4 heteroatoms. The average Bonchev–Trinajstić information content (AvgIpc) is 2.65. The minimum atomic E-state index is -2.75. The Labute approximate surface area is 116 Å². The topological polar surface area (TPSA) is 46.2 Å². The van der Waals surface area contributed by atoms with E-state index in [0.717, 1.165) is 19.5 Å². The molecule has 1 N–H and O–H groups in total. The van der Waals surface area contributed by atoms with E-state index in [-0.39, 0.29) is 5.92 Å². The lowest BCUT2D eigenvalue weighted by Crippen LogP contribution is -2.23. The van der Waals surface area contributed by atoms with Crippen molar-refractivity contribution < 1.29 is 8.42 Å². The van der Waals surface area contributed by atoms with Gasteiger partial charge in [-0.05, 0) is 61.9 Å². The molecule has 0 amide bonds. The fraction of sp³-hybridized carbons (Fsp3) is 0.600. The maximum absolute atomic E-state index is 11.4. The quantitative estimate of drug-likeness (QED) is 0.919. The van der Waals surface area contributed by atoms with Crippen molar-refractivity contribution in [1.82, 2.24) is 5.32 Å². The maximum Gasteiger partial charge on any atom is 0.150 e. The lowest BCUT2D eigenvalue weighted by Gasteiger charge is -2.13. The van der Waals surface area contributed by atoms with Crippen molar-refractivity contribution in [1.29, 1.82) is 0 Å². The van der Waals surface area contributed by atoms with Crippen LogP contribution in [0.25, 0.3) is 0 Å². The van der Waals surface area contributed by atoms with Crippen molar-refractivity contribution in [2.45, 2.75) is 33.7 Å². The molecule has 1 fully saturated rings. The first-order valence-corrected chi connectivity index (χ1v) is 8.67. The predicted octanol–water partition coefficient (Wildman–Crippen LogP) is 2.14. The first kappa shape index (κ1) is 14.5. The molecule has 0 radical (unpaired) electrons. The van der Waals surface area contributed by atoms with Crippen molar-refractivity contribution in [3.05, 3.63) is 34.4 Å². The molecule has 1 aromatic rings. The molecule has 1 heterocycles. The van der Waals surface area contributed by atoms with Crippen LogP contribution in [-0.4, -0.2) is 26.5 Å². The molecule has 0 spiro atoms. The number of sulfone groups is 1. The van der Waals surface area contributed by atoms with Crippen LogP contribution in [0.3, 0.4) is 0 Å². The van der Waals surface area contributed by atoms with Crippen LogP contribution in [0, 0.1) is 26.7 Å². The van der Waals surface area contributed by atoms with E-state index in [2.05, 4.69) is 38.2 Å². The van der Waals surface area contributed by atoms with E-state index in [9.17, 15) is 8.42 Å². The van der Waals surface area contributed by atoms with Gasteiger partial charge in [0.25, 0.3) is 0 Å². The third-order valence-corrected chi connectivity index (χ3v) is 5.86. The summed E-state index contributed by atoms with van der Waals surface area (Å²) in [6, 6.07) is 4.44. The highest BCUT2D eigenvalue weighted by Gasteiger charge is 2.27. The molecule has 1 saturated heterocycles. The average molecular weight is 281 g/mol. The van der Waals surface area contributed by atoms with Crippen LogP contribution in [0.15, 0.2) is 12.1 Å². The summed E-state index contributed by atoms with van der Waals surface area (Å²) in [5.41, 5.74) is 5.24. The number of nitrogens with one attached hydrogen (secondary N) is 1. The zero-order chi connectivity index (χ0) is 14.0. The van der Waals surface area contributed by atoms with E-state index < -0.39 is 9.84 Å². The first-order chi connectivity index (χ1) is 8.87. The molecule has 2 rings (SSSR count). The predicted molar refractivity (Wildman–Crippen MR) is 79.1 cm³/mol. The normalized spacial score (nSPS) is 21.7. The largest absolute Gasteiger partial charge is 0.312 e. The van der Waals surface area contributed by atoms with E-state index in [1.54, 1.807) is 0 Å². The molecule has 0 aliphatic carbocycles. The van der Waals surface area contributed by atoms with Gasteiger partial charge >= 0.3 is 0 Å². The van der Waals surface area contributed by atoms with Crippen molar-refractivity contribution in [3.63, 3.8) is 0 Å². The highest BCUT2D eigenvalue weighted by molar-refractivity contribution is 7.91. The molecule has 0 saturated carbocycles. The highest BCUT2D eigenvalue weighted by atomic mass is 32.2. The Hall–Kier alpha value is -0.870. The standard InChI is InChI=1S/C15H23NO2S/c1-11-6-13(3)15(7-12(11)2)9-16-8-14-4-5-19(17,18)10-14/h6-7,14,16H,4-5,8-10H2,1-3H3. The van der Waals surface area contributed by atoms with E-state index >= 15 is 0 Å². The van der Waals surface area contributed by atoms with Crippen LogP contribution < -0.4 is 5.32 Å². The molecule has 1 aliphatic heterocycles. The Kier molecular flexibility index (Phi) is 4.31. The van der Waals surface area contributed by atoms with Gasteiger partial charge in [-0.3, -0.25) is 0 Å². The number of aryl methyl sites for hydroxylation is 3. The molecule has 1 aliphatic rings. The summed E-state index contributed by atoms with van der Waals surface area (Å²) in [7, 11) is -2.75. The van der Waals surface area contributed by atoms with Gasteiger partial charge < -0.3 is 5.32 Å². The monoisotopic (exact) mass is 281 g/mol. The Morgan fingerprint density at radius 2 is 1.84 bits per heavy atom. The van der Waals surface area contributed by atoms with Gasteiger partial charge in [-0.25, -0.2) is 8.42 Å². The van der Waals surface area contributed by atoms with Crippen molar-refractivity contribution in [2.24, 2.45) is 5.92 Å². The minimum absolute atomic E-state index is 0.289. The summed E-state index contributed by atoms with van der Waals surface area (Å²) in [6.07, 6.45) is 0.807. The van der Waals surface area contributed by atoms with E-state index in [4.69, 9.17) is 0 Å². The Morgan fingerprint density at radius 1 is 1.16 bits per heavy atom. The zero-order valence-corrected chi connectivity index (χ0v) is 12.8. The second-order valence-electron chi connectivity index (χ2n) is 5.76. The van der Waals surface area contributed by atoms with Gasteiger partial charge in [0, 0.05) is 6.54 Å². The van der Waals surface area contributed by atoms with E-state index in [1.165, 1.54) is 22.3 Å². The molecule has 1 aromatic carbocycles. The number of benzene rings is 1. The Balaban J connectivity index is 1.88. The van der Waals surface area contributed by atoms with Gasteiger partial charge in [0.1, 0.15) is 0 Å². The Bertz CT molecular complexity index is 564. The zero-order valence-electron chi connectivity index (χ0n) is 12.0. The minimum Gasteiger partial charge on any atom is -0.312 e. The third kappa shape index (κ3) is 3.80. The van der Waals surface area contributed by atoms with Crippen LogP contribution in [-0.2, 0) is 16.4 Å². The summed E-state index contributed by atoms with van der Waals surface area (Å²) in [5, 5.41) is 3.40. The molecule has 0 aromatic heterocycles. The van der Waals surface area contributed by atoms with Gasteiger partial charge in [-0.1, -0.05) is 12.1 Å². The molecule has 19 heavy (non-hydrogen) atoms. The fourth-order valence-electron chi connectivity index (χ4n) is 2.65. The maximum atomic E-state index is 11.4. The summed E-state index contributed by atoms with van der Waals surface area (Å²) in [5.74, 6) is 1.00. The number of hydrogen-bond acceptors (Lipinski definition) is 3. The molecule has 3 nitrogen and oxygen atoms in total. The van der Waals surface area contributed by atoms with Crippen molar-refractivity contribution >= 4 is 9.84 Å². The second-order valence-corrected chi connectivity index (χ2v) is 7.99. The van der Waals surface area contributed by atoms with Gasteiger partial charge in [-0.2, -0.15) is 0 Å². The summed E-state index contributed by atoms with van der Waals surface area (Å²) in [6.45, 7) is 8.00. The first-order valence-electron chi connectivity index (χ1n) is 6.85. The van der Waals surface area contributed by atoms with Crippen LogP contribution in [0.2, 0.25) is 0 Å². The van der Waals surface area contributed by atoms with Crippen LogP contribution in [0.4, 0.5) is 0 Å². The molecule has 1 unspecified atom stereocenters. The smallest absolute Gasteiger partial charge is 0.150 e. The fourth-order valence-corrected chi connectivity index (χ4v) is 4.52. The van der Waals surface area contributed by atoms with Crippen LogP contribution >= 0.6 is 0 Å². The van der Waals surface area contributed by atoms with Crippen LogP contribution in [0.1, 0.15) is 28.7 Å². The number of rotatable bonds is 4. The highest BCUT2D eigenvalue weighted by Crippen LogP contribution is 2.18. The summed E-state index contributed by atoms with van der Waals surface area (Å²) < 4.78 is 22.8. The molecule has 0 bridgehead atoms. The summed E-state index contributed by atoms with van der Waals surface area (Å²) >= 11 is 0. The molecular weight excluding hydrogens is 258 g/mol. The molecular formula is C15H23NO2S. The van der Waals surface area contributed by atoms with E-state index in [1.807, 2.05) is 0 Å².